The Morgan fingerprint density at radius 1 is 1.00 bits per heavy atom. The van der Waals surface area contributed by atoms with Crippen molar-refractivity contribution >= 4 is 6.08 Å². The number of hydrogen-bond acceptors (Lipinski definition) is 2. The summed E-state index contributed by atoms with van der Waals surface area (Å²) in [6.45, 7) is 15.9. The van der Waals surface area contributed by atoms with E-state index < -0.39 is 0 Å². The molecule has 0 unspecified atom stereocenters. The van der Waals surface area contributed by atoms with E-state index in [-0.39, 0.29) is 0 Å². The molecule has 0 fully saturated rings. The van der Waals surface area contributed by atoms with E-state index in [1.807, 2.05) is 79.7 Å². The van der Waals surface area contributed by atoms with Gasteiger partial charge < -0.3 is 4.52 Å². The lowest BCUT2D eigenvalue weighted by Gasteiger charge is -1.82. The van der Waals surface area contributed by atoms with Gasteiger partial charge in [0.1, 0.15) is 0 Å². The van der Waals surface area contributed by atoms with Gasteiger partial charge in [-0.25, -0.2) is 0 Å². The molecule has 0 saturated heterocycles. The summed E-state index contributed by atoms with van der Waals surface area (Å²) < 4.78 is 4.94. The third-order valence-electron chi connectivity index (χ3n) is 1.34. The predicted octanol–water partition coefficient (Wildman–Crippen LogP) is 5.65. The Morgan fingerprint density at radius 3 is 1.88 bits per heavy atom. The number of aryl methyl sites for hydroxylation is 1. The van der Waals surface area contributed by atoms with Crippen LogP contribution in [0, 0.1) is 6.92 Å². The van der Waals surface area contributed by atoms with Gasteiger partial charge in [0.2, 0.25) is 0 Å². The molecule has 0 atom stereocenters. The zero-order chi connectivity index (χ0) is 14.1. The normalized spacial score (nSPS) is 8.71. The van der Waals surface area contributed by atoms with Crippen LogP contribution in [0.25, 0.3) is 6.08 Å². The molecule has 0 radical (unpaired) electrons. The average Bonchev–Trinajstić information content (AvgIpc) is 2.83. The van der Waals surface area contributed by atoms with Gasteiger partial charge in [-0.1, -0.05) is 64.9 Å². The molecule has 0 aliphatic heterocycles. The average molecular weight is 239 g/mol. The number of rotatable bonds is 2. The molecule has 2 heteroatoms. The number of aromatic nitrogens is 1. The number of nitrogens with zero attached hydrogens (tertiary/aromatic N) is 1. The molecular weight excluding hydrogens is 210 g/mol. The first-order chi connectivity index (χ1) is 8.34. The molecule has 0 N–H and O–H groups in total. The highest BCUT2D eigenvalue weighted by atomic mass is 16.5. The summed E-state index contributed by atoms with van der Waals surface area (Å²) in [7, 11) is 0. The maximum atomic E-state index is 4.94. The van der Waals surface area contributed by atoms with Crippen molar-refractivity contribution < 1.29 is 4.52 Å². The van der Waals surface area contributed by atoms with E-state index in [1.165, 1.54) is 0 Å². The minimum absolute atomic E-state index is 0.822. The van der Waals surface area contributed by atoms with Crippen LogP contribution < -0.4 is 0 Å². The third kappa shape index (κ3) is 12.6. The van der Waals surface area contributed by atoms with Crippen LogP contribution in [0.4, 0.5) is 0 Å². The largest absolute Gasteiger partial charge is 0.357 e. The maximum Gasteiger partial charge on any atom is 0.162 e. The molecule has 0 aliphatic carbocycles. The Morgan fingerprint density at radius 2 is 1.53 bits per heavy atom. The molecule has 0 spiro atoms. The van der Waals surface area contributed by atoms with E-state index >= 15 is 0 Å². The monoisotopic (exact) mass is 239 g/mol. The second-order valence-electron chi connectivity index (χ2n) is 2.26. The highest BCUT2D eigenvalue weighted by molar-refractivity contribution is 5.47. The molecule has 1 aromatic heterocycles. The lowest BCUT2D eigenvalue weighted by atomic mass is 10.3. The summed E-state index contributed by atoms with van der Waals surface area (Å²) >= 11 is 0. The van der Waals surface area contributed by atoms with E-state index in [9.17, 15) is 0 Å². The maximum absolute atomic E-state index is 4.94. The molecule has 0 saturated carbocycles. The Labute approximate surface area is 107 Å². The topological polar surface area (TPSA) is 26.0 Å². The quantitative estimate of drug-likeness (QED) is 0.623. The first-order valence-electron chi connectivity index (χ1n) is 6.55. The summed E-state index contributed by atoms with van der Waals surface area (Å²) in [5.74, 6) is 0.822. The minimum atomic E-state index is 0.822. The number of hydrogen-bond donors (Lipinski definition) is 0. The zero-order valence-electron chi connectivity index (χ0n) is 12.7. The van der Waals surface area contributed by atoms with Gasteiger partial charge >= 0.3 is 0 Å². The molecule has 1 heterocycles. The van der Waals surface area contributed by atoms with E-state index in [2.05, 4.69) is 5.16 Å². The van der Waals surface area contributed by atoms with Crippen molar-refractivity contribution in [1.29, 1.82) is 0 Å². The van der Waals surface area contributed by atoms with E-state index in [0.717, 1.165) is 11.3 Å². The van der Waals surface area contributed by atoms with Crippen LogP contribution in [-0.4, -0.2) is 5.16 Å². The van der Waals surface area contributed by atoms with Gasteiger partial charge in [0.05, 0.1) is 6.20 Å². The molecule has 1 aromatic rings. The minimum Gasteiger partial charge on any atom is -0.357 e. The van der Waals surface area contributed by atoms with Crippen LogP contribution in [0.5, 0.6) is 0 Å². The zero-order valence-corrected chi connectivity index (χ0v) is 12.7. The molecule has 0 amide bonds. The fourth-order valence-corrected chi connectivity index (χ4v) is 0.714. The lowest BCUT2D eigenvalue weighted by Crippen LogP contribution is -1.67. The summed E-state index contributed by atoms with van der Waals surface area (Å²) in [5, 5.41) is 3.65. The smallest absolute Gasteiger partial charge is 0.162 e. The standard InChI is InChI=1S/C9H11NO.3C2H6/c1-3-4-5-6-9-8(2)7-10-11-9;3*1-2/h3-7H,1-2H3;3*1-2H3/b4-3-,6-5-;;;. The van der Waals surface area contributed by atoms with E-state index in [4.69, 9.17) is 4.52 Å². The van der Waals surface area contributed by atoms with Gasteiger partial charge in [-0.3, -0.25) is 0 Å². The Bertz CT molecular complexity index is 272. The van der Waals surface area contributed by atoms with Crippen molar-refractivity contribution in [2.75, 3.05) is 0 Å². The van der Waals surface area contributed by atoms with Crippen molar-refractivity contribution in [2.24, 2.45) is 0 Å². The summed E-state index contributed by atoms with van der Waals surface area (Å²) in [4.78, 5) is 0. The molecular formula is C15H29NO. The number of allylic oxidation sites excluding steroid dienone is 3. The molecule has 0 aliphatic rings. The van der Waals surface area contributed by atoms with Gasteiger partial charge in [-0.2, -0.15) is 0 Å². The van der Waals surface area contributed by atoms with Crippen LogP contribution in [0.2, 0.25) is 0 Å². The predicted molar refractivity (Wildman–Crippen MR) is 79.1 cm³/mol. The molecule has 0 aromatic carbocycles. The van der Waals surface area contributed by atoms with Crippen molar-refractivity contribution in [3.8, 4) is 0 Å². The first-order valence-corrected chi connectivity index (χ1v) is 6.55. The van der Waals surface area contributed by atoms with Crippen LogP contribution in [0.1, 0.15) is 59.8 Å². The lowest BCUT2D eigenvalue weighted by molar-refractivity contribution is 0.412. The molecule has 17 heavy (non-hydrogen) atoms. The van der Waals surface area contributed by atoms with Gasteiger partial charge in [0.15, 0.2) is 5.76 Å². The van der Waals surface area contributed by atoms with Gasteiger partial charge in [0.25, 0.3) is 0 Å². The highest BCUT2D eigenvalue weighted by Crippen LogP contribution is 2.07. The molecule has 100 valence electrons. The second kappa shape index (κ2) is 20.1. The third-order valence-corrected chi connectivity index (χ3v) is 1.34. The fourth-order valence-electron chi connectivity index (χ4n) is 0.714. The molecule has 2 nitrogen and oxygen atoms in total. The van der Waals surface area contributed by atoms with Crippen LogP contribution >= 0.6 is 0 Å². The second-order valence-corrected chi connectivity index (χ2v) is 2.26. The van der Waals surface area contributed by atoms with Crippen molar-refractivity contribution in [3.63, 3.8) is 0 Å². The first kappa shape index (κ1) is 21.0. The Kier molecular flexibility index (Phi) is 24.9. The van der Waals surface area contributed by atoms with E-state index in [0.29, 0.717) is 0 Å². The fraction of sp³-hybridized carbons (Fsp3) is 0.533. The van der Waals surface area contributed by atoms with Crippen molar-refractivity contribution in [3.05, 3.63) is 35.7 Å². The van der Waals surface area contributed by atoms with Crippen LogP contribution in [0.15, 0.2) is 28.9 Å². The van der Waals surface area contributed by atoms with Gasteiger partial charge in [-0.05, 0) is 19.9 Å². The SMILES string of the molecule is C/C=C\C=C/c1oncc1C.CC.CC.CC. The molecule has 0 bridgehead atoms. The van der Waals surface area contributed by atoms with Crippen LogP contribution in [-0.2, 0) is 0 Å². The van der Waals surface area contributed by atoms with E-state index in [1.54, 1.807) is 6.20 Å². The summed E-state index contributed by atoms with van der Waals surface area (Å²) in [5.41, 5.74) is 1.06. The summed E-state index contributed by atoms with van der Waals surface area (Å²) in [6.07, 6.45) is 9.43. The Balaban J connectivity index is -0.000000285. The molecule has 1 rings (SSSR count). The summed E-state index contributed by atoms with van der Waals surface area (Å²) in [6, 6.07) is 0. The van der Waals surface area contributed by atoms with Crippen LogP contribution in [0.3, 0.4) is 0 Å². The van der Waals surface area contributed by atoms with Gasteiger partial charge in [-0.15, -0.1) is 0 Å². The van der Waals surface area contributed by atoms with Crippen molar-refractivity contribution in [2.45, 2.75) is 55.4 Å². The highest BCUT2D eigenvalue weighted by Gasteiger charge is 1.95. The van der Waals surface area contributed by atoms with Crippen molar-refractivity contribution in [1.82, 2.24) is 5.16 Å². The van der Waals surface area contributed by atoms with Gasteiger partial charge in [0, 0.05) is 5.56 Å². The Hall–Kier alpha value is -1.31.